The number of H-pyrrole nitrogens is 1. The van der Waals surface area contributed by atoms with E-state index in [-0.39, 0.29) is 0 Å². The topological polar surface area (TPSA) is 40.7 Å². The number of nitrogens with zero attached hydrogens (tertiary/aromatic N) is 1. The van der Waals surface area contributed by atoms with E-state index >= 15 is 0 Å². The van der Waals surface area contributed by atoms with Gasteiger partial charge in [-0.2, -0.15) is 5.10 Å². The lowest BCUT2D eigenvalue weighted by Gasteiger charge is -2.10. The molecule has 0 saturated carbocycles. The van der Waals surface area contributed by atoms with Crippen LogP contribution in [0, 0.1) is 6.92 Å². The van der Waals surface area contributed by atoms with E-state index in [1.54, 1.807) is 0 Å². The third-order valence-corrected chi connectivity index (χ3v) is 3.08. The van der Waals surface area contributed by atoms with Crippen molar-refractivity contribution in [2.45, 2.75) is 26.3 Å². The van der Waals surface area contributed by atoms with Gasteiger partial charge in [0.15, 0.2) is 0 Å². The lowest BCUT2D eigenvalue weighted by atomic mass is 10.0. The van der Waals surface area contributed by atoms with Crippen molar-refractivity contribution < 1.29 is 0 Å². The Kier molecular flexibility index (Phi) is 3.59. The normalized spacial score (nSPS) is 12.6. The highest BCUT2D eigenvalue weighted by Gasteiger charge is 2.10. The van der Waals surface area contributed by atoms with Gasteiger partial charge in [-0.3, -0.25) is 5.10 Å². The molecule has 0 spiro atoms. The molecule has 1 unspecified atom stereocenters. The highest BCUT2D eigenvalue weighted by molar-refractivity contribution is 5.62. The van der Waals surface area contributed by atoms with Crippen LogP contribution in [0.25, 0.3) is 11.3 Å². The molecule has 17 heavy (non-hydrogen) atoms. The molecule has 0 bridgehead atoms. The van der Waals surface area contributed by atoms with Crippen molar-refractivity contribution in [1.82, 2.24) is 15.5 Å². The fourth-order valence-electron chi connectivity index (χ4n) is 1.87. The predicted molar refractivity (Wildman–Crippen MR) is 71.0 cm³/mol. The van der Waals surface area contributed by atoms with E-state index in [2.05, 4.69) is 53.6 Å². The molecule has 2 rings (SSSR count). The number of hydrogen-bond donors (Lipinski definition) is 2. The van der Waals surface area contributed by atoms with E-state index in [4.69, 9.17) is 0 Å². The summed E-state index contributed by atoms with van der Waals surface area (Å²) in [5.74, 6) is 0. The van der Waals surface area contributed by atoms with Crippen molar-refractivity contribution in [2.24, 2.45) is 0 Å². The van der Waals surface area contributed by atoms with Gasteiger partial charge in [-0.25, -0.2) is 0 Å². The number of rotatable bonds is 4. The van der Waals surface area contributed by atoms with Gasteiger partial charge in [0.25, 0.3) is 0 Å². The second-order valence-electron chi connectivity index (χ2n) is 4.53. The number of aryl methyl sites for hydroxylation is 1. The molecule has 2 aromatic rings. The minimum atomic E-state index is 0.455. The molecule has 0 saturated heterocycles. The monoisotopic (exact) mass is 229 g/mol. The Morgan fingerprint density at radius 1 is 1.29 bits per heavy atom. The maximum Gasteiger partial charge on any atom is 0.0682 e. The van der Waals surface area contributed by atoms with Crippen LogP contribution in [0.3, 0.4) is 0 Å². The zero-order chi connectivity index (χ0) is 12.3. The number of hydrogen-bond acceptors (Lipinski definition) is 2. The van der Waals surface area contributed by atoms with Gasteiger partial charge >= 0.3 is 0 Å². The standard InChI is InChI=1S/C14H19N3/c1-10-4-6-12(7-5-10)14-13(9-16-17-14)8-11(2)15-3/h4-7,9,11,15H,8H2,1-3H3,(H,16,17). The summed E-state index contributed by atoms with van der Waals surface area (Å²) in [4.78, 5) is 0. The highest BCUT2D eigenvalue weighted by Crippen LogP contribution is 2.22. The van der Waals surface area contributed by atoms with Crippen LogP contribution in [-0.4, -0.2) is 23.3 Å². The molecule has 1 atom stereocenters. The van der Waals surface area contributed by atoms with Gasteiger partial charge in [-0.1, -0.05) is 29.8 Å². The van der Waals surface area contributed by atoms with Crippen molar-refractivity contribution in [3.05, 3.63) is 41.6 Å². The summed E-state index contributed by atoms with van der Waals surface area (Å²) in [5.41, 5.74) is 4.87. The van der Waals surface area contributed by atoms with Crippen molar-refractivity contribution in [2.75, 3.05) is 7.05 Å². The Labute approximate surface area is 102 Å². The number of aromatic amines is 1. The number of nitrogens with one attached hydrogen (secondary N) is 2. The van der Waals surface area contributed by atoms with Gasteiger partial charge in [-0.05, 0) is 38.4 Å². The Hall–Kier alpha value is -1.61. The molecule has 3 heteroatoms. The number of benzene rings is 1. The summed E-state index contributed by atoms with van der Waals surface area (Å²) >= 11 is 0. The van der Waals surface area contributed by atoms with Gasteiger partial charge in [0.1, 0.15) is 0 Å². The average molecular weight is 229 g/mol. The fraction of sp³-hybridized carbons (Fsp3) is 0.357. The average Bonchev–Trinajstić information content (AvgIpc) is 2.78. The summed E-state index contributed by atoms with van der Waals surface area (Å²) in [7, 11) is 1.98. The third-order valence-electron chi connectivity index (χ3n) is 3.08. The van der Waals surface area contributed by atoms with Crippen LogP contribution >= 0.6 is 0 Å². The number of likely N-dealkylation sites (N-methyl/N-ethyl adjacent to an activating group) is 1. The van der Waals surface area contributed by atoms with Gasteiger partial charge < -0.3 is 5.32 Å². The first-order chi connectivity index (χ1) is 8.20. The Bertz CT molecular complexity index is 470. The van der Waals surface area contributed by atoms with E-state index in [1.807, 2.05) is 13.2 Å². The van der Waals surface area contributed by atoms with Crippen LogP contribution < -0.4 is 5.32 Å². The Morgan fingerprint density at radius 2 is 2.00 bits per heavy atom. The van der Waals surface area contributed by atoms with Gasteiger partial charge in [0.05, 0.1) is 11.9 Å². The predicted octanol–water partition coefficient (Wildman–Crippen LogP) is 2.54. The summed E-state index contributed by atoms with van der Waals surface area (Å²) in [6.45, 7) is 4.27. The first-order valence-electron chi connectivity index (χ1n) is 5.97. The van der Waals surface area contributed by atoms with E-state index in [0.717, 1.165) is 12.1 Å². The van der Waals surface area contributed by atoms with Crippen molar-refractivity contribution in [3.63, 3.8) is 0 Å². The zero-order valence-corrected chi connectivity index (χ0v) is 10.6. The minimum Gasteiger partial charge on any atom is -0.317 e. The third kappa shape index (κ3) is 2.74. The molecule has 0 aliphatic heterocycles. The number of aromatic nitrogens is 2. The minimum absolute atomic E-state index is 0.455. The molecule has 2 N–H and O–H groups in total. The lowest BCUT2D eigenvalue weighted by Crippen LogP contribution is -2.23. The zero-order valence-electron chi connectivity index (χ0n) is 10.6. The molecular formula is C14H19N3. The molecule has 0 aliphatic rings. The van der Waals surface area contributed by atoms with Crippen molar-refractivity contribution >= 4 is 0 Å². The molecule has 1 aromatic heterocycles. The second kappa shape index (κ2) is 5.15. The molecule has 0 amide bonds. The first kappa shape index (κ1) is 11.9. The summed E-state index contributed by atoms with van der Waals surface area (Å²) in [6.07, 6.45) is 2.90. The smallest absolute Gasteiger partial charge is 0.0682 e. The highest BCUT2D eigenvalue weighted by atomic mass is 15.1. The molecule has 1 heterocycles. The quantitative estimate of drug-likeness (QED) is 0.846. The summed E-state index contributed by atoms with van der Waals surface area (Å²) in [6, 6.07) is 8.98. The summed E-state index contributed by atoms with van der Waals surface area (Å²) < 4.78 is 0. The Morgan fingerprint density at radius 3 is 2.65 bits per heavy atom. The van der Waals surface area contributed by atoms with Crippen LogP contribution in [0.15, 0.2) is 30.5 Å². The lowest BCUT2D eigenvalue weighted by molar-refractivity contribution is 0.609. The Balaban J connectivity index is 2.27. The van der Waals surface area contributed by atoms with E-state index in [0.29, 0.717) is 6.04 Å². The maximum atomic E-state index is 4.16. The SMILES string of the molecule is CNC(C)Cc1cn[nH]c1-c1ccc(C)cc1. The fourth-order valence-corrected chi connectivity index (χ4v) is 1.87. The molecule has 0 radical (unpaired) electrons. The molecular weight excluding hydrogens is 210 g/mol. The molecule has 0 aliphatic carbocycles. The van der Waals surface area contributed by atoms with E-state index < -0.39 is 0 Å². The van der Waals surface area contributed by atoms with Crippen molar-refractivity contribution in [3.8, 4) is 11.3 Å². The molecule has 90 valence electrons. The van der Waals surface area contributed by atoms with Gasteiger partial charge in [0.2, 0.25) is 0 Å². The van der Waals surface area contributed by atoms with Gasteiger partial charge in [-0.15, -0.1) is 0 Å². The van der Waals surface area contributed by atoms with E-state index in [9.17, 15) is 0 Å². The van der Waals surface area contributed by atoms with Crippen LogP contribution in [0.4, 0.5) is 0 Å². The van der Waals surface area contributed by atoms with Crippen LogP contribution in [0.2, 0.25) is 0 Å². The van der Waals surface area contributed by atoms with E-state index in [1.165, 1.54) is 16.7 Å². The molecule has 1 aromatic carbocycles. The second-order valence-corrected chi connectivity index (χ2v) is 4.53. The molecule has 3 nitrogen and oxygen atoms in total. The van der Waals surface area contributed by atoms with Crippen LogP contribution in [0.5, 0.6) is 0 Å². The van der Waals surface area contributed by atoms with Gasteiger partial charge in [0, 0.05) is 6.04 Å². The maximum absolute atomic E-state index is 4.16. The molecule has 0 fully saturated rings. The summed E-state index contributed by atoms with van der Waals surface area (Å²) in [5, 5.41) is 10.5. The van der Waals surface area contributed by atoms with Crippen molar-refractivity contribution in [1.29, 1.82) is 0 Å². The van der Waals surface area contributed by atoms with Crippen LogP contribution in [0.1, 0.15) is 18.1 Å². The van der Waals surface area contributed by atoms with Crippen LogP contribution in [-0.2, 0) is 6.42 Å². The largest absolute Gasteiger partial charge is 0.317 e. The first-order valence-corrected chi connectivity index (χ1v) is 5.97.